The Morgan fingerprint density at radius 3 is 2.36 bits per heavy atom. The van der Waals surface area contributed by atoms with Gasteiger partial charge in [-0.2, -0.15) is 13.2 Å². The molecule has 168 valence electrons. The Morgan fingerprint density at radius 2 is 1.89 bits per heavy atom. The lowest BCUT2D eigenvalue weighted by Gasteiger charge is -2.26. The van der Waals surface area contributed by atoms with Crippen LogP contribution in [0.25, 0.3) is 0 Å². The smallest absolute Gasteiger partial charge is 0.355 e. The summed E-state index contributed by atoms with van der Waals surface area (Å²) >= 11 is 0. The third kappa shape index (κ3) is 9.02. The Labute approximate surface area is 184 Å². The van der Waals surface area contributed by atoms with Crippen molar-refractivity contribution in [2.45, 2.75) is 45.0 Å². The number of halogens is 4. The molecule has 1 atom stereocenters. The SMILES string of the molecule is CCN(CC1CCN(C(=NC)NCCS(=O)(=O)C(C)(C)C)C1)CC(F)(F)F.I. The van der Waals surface area contributed by atoms with Crippen LogP contribution in [-0.4, -0.2) is 87.2 Å². The average Bonchev–Trinajstić information content (AvgIpc) is 2.96. The van der Waals surface area contributed by atoms with Gasteiger partial charge in [0.25, 0.3) is 0 Å². The van der Waals surface area contributed by atoms with Crippen molar-refractivity contribution < 1.29 is 21.6 Å². The largest absolute Gasteiger partial charge is 0.401 e. The van der Waals surface area contributed by atoms with Gasteiger partial charge in [0.15, 0.2) is 15.8 Å². The predicted molar refractivity (Wildman–Crippen MR) is 118 cm³/mol. The Kier molecular flexibility index (Phi) is 11.1. The summed E-state index contributed by atoms with van der Waals surface area (Å²) in [4.78, 5) is 7.59. The fourth-order valence-corrected chi connectivity index (χ4v) is 4.02. The first-order valence-corrected chi connectivity index (χ1v) is 10.9. The molecule has 1 N–H and O–H groups in total. The lowest BCUT2D eigenvalue weighted by atomic mass is 10.1. The van der Waals surface area contributed by atoms with Gasteiger partial charge in [-0.1, -0.05) is 6.92 Å². The molecule has 0 amide bonds. The molecule has 1 unspecified atom stereocenters. The number of nitrogens with one attached hydrogen (secondary N) is 1. The van der Waals surface area contributed by atoms with Gasteiger partial charge in [-0.15, -0.1) is 24.0 Å². The van der Waals surface area contributed by atoms with E-state index in [1.807, 2.05) is 4.90 Å². The third-order valence-corrected chi connectivity index (χ3v) is 7.36. The van der Waals surface area contributed by atoms with Crippen molar-refractivity contribution in [3.05, 3.63) is 0 Å². The van der Waals surface area contributed by atoms with Gasteiger partial charge in [0.05, 0.1) is 17.0 Å². The van der Waals surface area contributed by atoms with Crippen LogP contribution in [0.3, 0.4) is 0 Å². The van der Waals surface area contributed by atoms with E-state index in [-0.39, 0.29) is 42.2 Å². The standard InChI is InChI=1S/C17H33F3N4O2S.HI/c1-6-23(13-17(18,19)20)11-14-7-9-24(12-14)15(21-5)22-8-10-27(25,26)16(2,3)4;/h14H,6-13H2,1-5H3,(H,21,22);1H. The van der Waals surface area contributed by atoms with Gasteiger partial charge in [0.2, 0.25) is 0 Å². The van der Waals surface area contributed by atoms with Gasteiger partial charge >= 0.3 is 6.18 Å². The Hall–Kier alpha value is -0.300. The fourth-order valence-electron chi connectivity index (χ4n) is 3.03. The van der Waals surface area contributed by atoms with Crippen molar-refractivity contribution in [3.63, 3.8) is 0 Å². The van der Waals surface area contributed by atoms with Crippen LogP contribution in [0.1, 0.15) is 34.1 Å². The zero-order valence-corrected chi connectivity index (χ0v) is 20.5. The summed E-state index contributed by atoms with van der Waals surface area (Å²) in [6, 6.07) is 0. The minimum atomic E-state index is -4.19. The molecule has 0 aromatic carbocycles. The Bertz CT molecular complexity index is 607. The minimum absolute atomic E-state index is 0. The highest BCUT2D eigenvalue weighted by molar-refractivity contribution is 14.0. The van der Waals surface area contributed by atoms with E-state index in [1.54, 1.807) is 34.7 Å². The number of hydrogen-bond donors (Lipinski definition) is 1. The molecule has 1 aliphatic rings. The molecular formula is C17H34F3IN4O2S. The van der Waals surface area contributed by atoms with Crippen LogP contribution in [-0.2, 0) is 9.84 Å². The number of alkyl halides is 3. The van der Waals surface area contributed by atoms with Gasteiger partial charge in [0.1, 0.15) is 0 Å². The summed E-state index contributed by atoms with van der Waals surface area (Å²) in [5.41, 5.74) is 0. The second kappa shape index (κ2) is 11.2. The van der Waals surface area contributed by atoms with Crippen molar-refractivity contribution in [2.75, 3.05) is 52.1 Å². The maximum atomic E-state index is 12.6. The topological polar surface area (TPSA) is 65.0 Å². The number of guanidine groups is 1. The molecule has 28 heavy (non-hydrogen) atoms. The van der Waals surface area contributed by atoms with Gasteiger partial charge < -0.3 is 10.2 Å². The lowest BCUT2D eigenvalue weighted by molar-refractivity contribution is -0.146. The average molecular weight is 542 g/mol. The summed E-state index contributed by atoms with van der Waals surface area (Å²) < 4.78 is 61.4. The number of hydrogen-bond acceptors (Lipinski definition) is 4. The van der Waals surface area contributed by atoms with Crippen molar-refractivity contribution in [2.24, 2.45) is 10.9 Å². The molecule has 0 spiro atoms. The first-order valence-electron chi connectivity index (χ1n) is 9.26. The number of sulfone groups is 1. The summed E-state index contributed by atoms with van der Waals surface area (Å²) in [5, 5.41) is 3.07. The maximum Gasteiger partial charge on any atom is 0.401 e. The van der Waals surface area contributed by atoms with Crippen LogP contribution in [0.15, 0.2) is 4.99 Å². The molecule has 0 aromatic heterocycles. The molecule has 11 heteroatoms. The minimum Gasteiger partial charge on any atom is -0.355 e. The quantitative estimate of drug-likeness (QED) is 0.305. The Balaban J connectivity index is 0.00000729. The van der Waals surface area contributed by atoms with Crippen LogP contribution in [0.5, 0.6) is 0 Å². The molecule has 0 radical (unpaired) electrons. The van der Waals surface area contributed by atoms with Crippen molar-refractivity contribution in [1.82, 2.24) is 15.1 Å². The molecule has 1 rings (SSSR count). The molecule has 0 bridgehead atoms. The highest BCUT2D eigenvalue weighted by Gasteiger charge is 2.33. The van der Waals surface area contributed by atoms with E-state index in [4.69, 9.17) is 0 Å². The van der Waals surface area contributed by atoms with Gasteiger partial charge in [0, 0.05) is 33.2 Å². The second-order valence-corrected chi connectivity index (χ2v) is 10.8. The summed E-state index contributed by atoms with van der Waals surface area (Å²) in [7, 11) is -1.60. The number of nitrogens with zero attached hydrogens (tertiary/aromatic N) is 3. The van der Waals surface area contributed by atoms with E-state index >= 15 is 0 Å². The van der Waals surface area contributed by atoms with Crippen molar-refractivity contribution in [3.8, 4) is 0 Å². The van der Waals surface area contributed by atoms with E-state index in [9.17, 15) is 21.6 Å². The second-order valence-electron chi connectivity index (χ2n) is 7.95. The third-order valence-electron chi connectivity index (χ3n) is 4.75. The monoisotopic (exact) mass is 542 g/mol. The van der Waals surface area contributed by atoms with Crippen LogP contribution < -0.4 is 5.32 Å². The van der Waals surface area contributed by atoms with Gasteiger partial charge in [-0.05, 0) is 39.7 Å². The molecule has 1 saturated heterocycles. The Morgan fingerprint density at radius 1 is 1.29 bits per heavy atom. The zero-order valence-electron chi connectivity index (χ0n) is 17.3. The predicted octanol–water partition coefficient (Wildman–Crippen LogP) is 2.60. The first kappa shape index (κ1) is 27.7. The maximum absolute atomic E-state index is 12.6. The van der Waals surface area contributed by atoms with Crippen LogP contribution >= 0.6 is 24.0 Å². The number of aliphatic imine (C=N–C) groups is 1. The van der Waals surface area contributed by atoms with E-state index in [1.165, 1.54) is 4.90 Å². The van der Waals surface area contributed by atoms with Crippen LogP contribution in [0.4, 0.5) is 13.2 Å². The van der Waals surface area contributed by atoms with Crippen LogP contribution in [0, 0.1) is 5.92 Å². The molecule has 1 heterocycles. The van der Waals surface area contributed by atoms with Gasteiger partial charge in [-0.25, -0.2) is 8.42 Å². The first-order chi connectivity index (χ1) is 12.3. The molecule has 1 fully saturated rings. The van der Waals surface area contributed by atoms with Crippen molar-refractivity contribution >= 4 is 39.8 Å². The summed E-state index contributed by atoms with van der Waals surface area (Å²) in [6.45, 7) is 8.15. The molecule has 0 saturated carbocycles. The zero-order chi connectivity index (χ0) is 20.9. The highest BCUT2D eigenvalue weighted by atomic mass is 127. The van der Waals surface area contributed by atoms with Crippen LogP contribution in [0.2, 0.25) is 0 Å². The molecule has 0 aliphatic carbocycles. The highest BCUT2D eigenvalue weighted by Crippen LogP contribution is 2.21. The van der Waals surface area contributed by atoms with E-state index in [0.29, 0.717) is 32.1 Å². The normalized spacial score (nSPS) is 19.1. The van der Waals surface area contributed by atoms with E-state index in [0.717, 1.165) is 6.42 Å². The lowest BCUT2D eigenvalue weighted by Crippen LogP contribution is -2.44. The molecular weight excluding hydrogens is 508 g/mol. The van der Waals surface area contributed by atoms with Gasteiger partial charge in [-0.3, -0.25) is 9.89 Å². The van der Waals surface area contributed by atoms with Crippen molar-refractivity contribution in [1.29, 1.82) is 0 Å². The molecule has 0 aromatic rings. The molecule has 6 nitrogen and oxygen atoms in total. The number of likely N-dealkylation sites (tertiary alicyclic amines) is 1. The summed E-state index contributed by atoms with van der Waals surface area (Å²) in [6.07, 6.45) is -3.40. The summed E-state index contributed by atoms with van der Waals surface area (Å²) in [5.74, 6) is 0.728. The van der Waals surface area contributed by atoms with E-state index in [2.05, 4.69) is 10.3 Å². The molecule has 1 aliphatic heterocycles. The van der Waals surface area contributed by atoms with E-state index < -0.39 is 27.3 Å². The number of rotatable bonds is 7. The fraction of sp³-hybridized carbons (Fsp3) is 0.941.